The summed E-state index contributed by atoms with van der Waals surface area (Å²) in [7, 11) is 0. The Morgan fingerprint density at radius 2 is 1.94 bits per heavy atom. The van der Waals surface area contributed by atoms with E-state index in [9.17, 15) is 9.59 Å². The molecule has 0 aliphatic carbocycles. The first-order chi connectivity index (χ1) is 15.6. The van der Waals surface area contributed by atoms with Crippen molar-refractivity contribution in [2.75, 3.05) is 29.9 Å². The Labute approximate surface area is 192 Å². The maximum absolute atomic E-state index is 12.8. The van der Waals surface area contributed by atoms with Crippen LogP contribution in [0.1, 0.15) is 31.0 Å². The molecule has 0 bridgehead atoms. The lowest BCUT2D eigenvalue weighted by Crippen LogP contribution is -2.31. The number of benzene rings is 2. The van der Waals surface area contributed by atoms with Crippen LogP contribution in [0.3, 0.4) is 0 Å². The summed E-state index contributed by atoms with van der Waals surface area (Å²) in [5, 5.41) is 7.07. The molecule has 1 amide bonds. The third-order valence-electron chi connectivity index (χ3n) is 5.71. The van der Waals surface area contributed by atoms with Gasteiger partial charge in [-0.15, -0.1) is 0 Å². The molecule has 2 heterocycles. The Balaban J connectivity index is 1.26. The number of carbonyl (C=O) groups excluding carboxylic acids is 2. The first-order valence-corrected chi connectivity index (χ1v) is 11.4. The minimum absolute atomic E-state index is 0.0510. The van der Waals surface area contributed by atoms with Gasteiger partial charge in [0, 0.05) is 37.1 Å². The van der Waals surface area contributed by atoms with Crippen molar-refractivity contribution >= 4 is 46.4 Å². The smallest absolute Gasteiger partial charge is 0.257 e. The van der Waals surface area contributed by atoms with Crippen molar-refractivity contribution in [3.8, 4) is 0 Å². The molecule has 1 aromatic heterocycles. The van der Waals surface area contributed by atoms with E-state index in [0.717, 1.165) is 30.4 Å². The van der Waals surface area contributed by atoms with Crippen LogP contribution in [-0.4, -0.2) is 47.0 Å². The molecule has 2 N–H and O–H groups in total. The summed E-state index contributed by atoms with van der Waals surface area (Å²) < 4.78 is 1.69. The highest BCUT2D eigenvalue weighted by molar-refractivity contribution is 7.71. The summed E-state index contributed by atoms with van der Waals surface area (Å²) in [5.74, 6) is 0.457. The highest BCUT2D eigenvalue weighted by Crippen LogP contribution is 2.29. The molecule has 0 unspecified atom stereocenters. The van der Waals surface area contributed by atoms with Crippen molar-refractivity contribution in [3.63, 3.8) is 0 Å². The normalized spacial score (nSPS) is 14.8. The Hall–Kier alpha value is -3.26. The summed E-state index contributed by atoms with van der Waals surface area (Å²) >= 11 is 5.32. The predicted molar refractivity (Wildman–Crippen MR) is 130 cm³/mol. The van der Waals surface area contributed by atoms with Crippen LogP contribution >= 0.6 is 12.2 Å². The fourth-order valence-corrected chi connectivity index (χ4v) is 4.32. The van der Waals surface area contributed by atoms with Crippen LogP contribution in [0.4, 0.5) is 11.5 Å². The van der Waals surface area contributed by atoms with Crippen LogP contribution < -0.4 is 15.5 Å². The monoisotopic (exact) mass is 449 g/mol. The van der Waals surface area contributed by atoms with Crippen molar-refractivity contribution in [1.82, 2.24) is 14.9 Å². The molecular weight excluding hydrogens is 422 g/mol. The molecule has 1 atom stereocenters. The first kappa shape index (κ1) is 22.0. The number of rotatable bonds is 9. The number of anilines is 2. The van der Waals surface area contributed by atoms with Crippen molar-refractivity contribution in [3.05, 3.63) is 59.4 Å². The van der Waals surface area contributed by atoms with Crippen LogP contribution in [0.25, 0.3) is 10.9 Å². The average molecular weight is 450 g/mol. The summed E-state index contributed by atoms with van der Waals surface area (Å²) in [5.41, 5.74) is 1.94. The standard InChI is InChI=1S/C24H27N5O2S/c1-2-28(17-9-4-3-5-10-17)16-8-15-25-21(30)14-13-20-23(31)29-22(26-20)18-11-6-7-12-19(18)27-24(29)32/h3-7,9-12,20,26H,2,8,13-16H2,1H3,(H,25,30)/t20-/m1/s1. The van der Waals surface area contributed by atoms with Crippen LogP contribution in [0, 0.1) is 4.77 Å². The van der Waals surface area contributed by atoms with E-state index in [0.29, 0.717) is 18.8 Å². The van der Waals surface area contributed by atoms with Crippen LogP contribution in [0.15, 0.2) is 54.6 Å². The highest BCUT2D eigenvalue weighted by atomic mass is 32.1. The Kier molecular flexibility index (Phi) is 6.80. The SMILES string of the molecule is CCN(CCCNC(=O)CC[C@H]1Nc2c3ccccc3nc(=S)n2C1=O)c1ccccc1. The molecule has 0 saturated heterocycles. The molecule has 3 aromatic rings. The molecule has 0 radical (unpaired) electrons. The van der Waals surface area contributed by atoms with Crippen LogP contribution in [0.5, 0.6) is 0 Å². The molecule has 8 heteroatoms. The maximum atomic E-state index is 12.8. The number of fused-ring (bicyclic) bond motifs is 3. The summed E-state index contributed by atoms with van der Waals surface area (Å²) in [6, 6.07) is 17.3. The first-order valence-electron chi connectivity index (χ1n) is 11.0. The minimum Gasteiger partial charge on any atom is -0.372 e. The molecule has 4 rings (SSSR count). The number of hydrogen-bond donors (Lipinski definition) is 2. The van der Waals surface area contributed by atoms with Gasteiger partial charge in [-0.1, -0.05) is 30.3 Å². The Morgan fingerprint density at radius 1 is 1.19 bits per heavy atom. The van der Waals surface area contributed by atoms with Crippen molar-refractivity contribution in [2.24, 2.45) is 0 Å². The van der Waals surface area contributed by atoms with Gasteiger partial charge in [-0.05, 0) is 56.2 Å². The molecule has 1 aliphatic rings. The lowest BCUT2D eigenvalue weighted by atomic mass is 10.1. The Bertz CT molecular complexity index is 1180. The van der Waals surface area contributed by atoms with E-state index in [1.165, 1.54) is 10.3 Å². The number of para-hydroxylation sites is 2. The van der Waals surface area contributed by atoms with Gasteiger partial charge in [-0.25, -0.2) is 9.55 Å². The van der Waals surface area contributed by atoms with E-state index in [4.69, 9.17) is 12.2 Å². The molecule has 7 nitrogen and oxygen atoms in total. The molecule has 0 spiro atoms. The van der Waals surface area contributed by atoms with E-state index in [2.05, 4.69) is 39.6 Å². The molecule has 32 heavy (non-hydrogen) atoms. The summed E-state index contributed by atoms with van der Waals surface area (Å²) in [6.45, 7) is 4.52. The minimum atomic E-state index is -0.483. The zero-order valence-corrected chi connectivity index (χ0v) is 18.9. The topological polar surface area (TPSA) is 79.3 Å². The third-order valence-corrected chi connectivity index (χ3v) is 5.98. The van der Waals surface area contributed by atoms with E-state index >= 15 is 0 Å². The molecular formula is C24H27N5O2S. The van der Waals surface area contributed by atoms with Crippen molar-refractivity contribution < 1.29 is 9.59 Å². The summed E-state index contributed by atoms with van der Waals surface area (Å²) in [6.07, 6.45) is 1.53. The van der Waals surface area contributed by atoms with Gasteiger partial charge in [-0.3, -0.25) is 9.59 Å². The third kappa shape index (κ3) is 4.65. The second-order valence-electron chi connectivity index (χ2n) is 7.79. The Morgan fingerprint density at radius 3 is 2.72 bits per heavy atom. The van der Waals surface area contributed by atoms with E-state index in [-0.39, 0.29) is 23.0 Å². The highest BCUT2D eigenvalue weighted by Gasteiger charge is 2.31. The van der Waals surface area contributed by atoms with Crippen LogP contribution in [0.2, 0.25) is 0 Å². The number of nitrogens with one attached hydrogen (secondary N) is 2. The van der Waals surface area contributed by atoms with Crippen LogP contribution in [-0.2, 0) is 4.79 Å². The van der Waals surface area contributed by atoms with Gasteiger partial charge in [0.05, 0.1) is 5.52 Å². The lowest BCUT2D eigenvalue weighted by Gasteiger charge is -2.23. The second-order valence-corrected chi connectivity index (χ2v) is 8.15. The summed E-state index contributed by atoms with van der Waals surface area (Å²) in [4.78, 5) is 31.8. The zero-order chi connectivity index (χ0) is 22.5. The van der Waals surface area contributed by atoms with Gasteiger partial charge in [0.2, 0.25) is 10.7 Å². The molecule has 1 aliphatic heterocycles. The molecule has 0 fully saturated rings. The average Bonchev–Trinajstić information content (AvgIpc) is 3.15. The molecule has 166 valence electrons. The van der Waals surface area contributed by atoms with Gasteiger partial charge >= 0.3 is 0 Å². The second kappa shape index (κ2) is 9.91. The fourth-order valence-electron chi connectivity index (χ4n) is 4.04. The van der Waals surface area contributed by atoms with E-state index in [1.54, 1.807) is 0 Å². The number of hydrogen-bond acceptors (Lipinski definition) is 6. The van der Waals surface area contributed by atoms with Gasteiger partial charge < -0.3 is 15.5 Å². The van der Waals surface area contributed by atoms with Crippen molar-refractivity contribution in [1.29, 1.82) is 0 Å². The lowest BCUT2D eigenvalue weighted by molar-refractivity contribution is -0.121. The van der Waals surface area contributed by atoms with Gasteiger partial charge in [-0.2, -0.15) is 0 Å². The molecule has 0 saturated carbocycles. The number of nitrogens with zero attached hydrogens (tertiary/aromatic N) is 3. The van der Waals surface area contributed by atoms with Gasteiger partial charge in [0.1, 0.15) is 11.9 Å². The van der Waals surface area contributed by atoms with E-state index < -0.39 is 6.04 Å². The fraction of sp³-hybridized carbons (Fsp3) is 0.333. The quantitative estimate of drug-likeness (QED) is 0.380. The maximum Gasteiger partial charge on any atom is 0.257 e. The van der Waals surface area contributed by atoms with E-state index in [1.807, 2.05) is 42.5 Å². The number of aromatic nitrogens is 2. The van der Waals surface area contributed by atoms with Gasteiger partial charge in [0.25, 0.3) is 5.91 Å². The zero-order valence-electron chi connectivity index (χ0n) is 18.1. The number of amides is 1. The number of carbonyl (C=O) groups is 2. The van der Waals surface area contributed by atoms with Gasteiger partial charge in [0.15, 0.2) is 0 Å². The van der Waals surface area contributed by atoms with Crippen molar-refractivity contribution in [2.45, 2.75) is 32.2 Å². The predicted octanol–water partition coefficient (Wildman–Crippen LogP) is 4.01. The largest absolute Gasteiger partial charge is 0.372 e. The molecule has 2 aromatic carbocycles.